The highest BCUT2D eigenvalue weighted by Crippen LogP contribution is 2.19. The first-order valence-electron chi connectivity index (χ1n) is 4.36. The first kappa shape index (κ1) is 12.0. The third-order valence-electron chi connectivity index (χ3n) is 1.96. The van der Waals surface area contributed by atoms with Gasteiger partial charge in [0, 0.05) is 18.9 Å². The second-order valence-corrected chi connectivity index (χ2v) is 3.87. The Kier molecular flexibility index (Phi) is 4.08. The van der Waals surface area contributed by atoms with Crippen molar-refractivity contribution in [2.75, 3.05) is 18.9 Å². The minimum Gasteiger partial charge on any atom is -0.507 e. The fraction of sp³-hybridized carbons (Fsp3) is 0.300. The summed E-state index contributed by atoms with van der Waals surface area (Å²) >= 11 is 3.19. The maximum atomic E-state index is 12.9. The van der Waals surface area contributed by atoms with Gasteiger partial charge in [0.2, 0.25) is 0 Å². The number of nitrogens with zero attached hydrogens (tertiary/aromatic N) is 1. The number of alkyl halides is 1. The van der Waals surface area contributed by atoms with Crippen LogP contribution in [0.5, 0.6) is 5.75 Å². The third-order valence-corrected chi connectivity index (χ3v) is 2.31. The van der Waals surface area contributed by atoms with Crippen LogP contribution in [0.25, 0.3) is 0 Å². The van der Waals surface area contributed by atoms with Crippen LogP contribution in [-0.4, -0.2) is 34.8 Å². The number of hydrogen-bond donors (Lipinski definition) is 1. The third kappa shape index (κ3) is 2.92. The van der Waals surface area contributed by atoms with E-state index in [0.29, 0.717) is 11.9 Å². The zero-order valence-corrected chi connectivity index (χ0v) is 9.79. The molecule has 1 aromatic carbocycles. The Hall–Kier alpha value is -1.10. The molecule has 0 radical (unpaired) electrons. The molecule has 0 bridgehead atoms. The normalized spacial score (nSPS) is 10.1. The van der Waals surface area contributed by atoms with E-state index in [0.717, 1.165) is 12.1 Å². The number of aromatic hydroxyl groups is 1. The van der Waals surface area contributed by atoms with E-state index in [9.17, 15) is 14.3 Å². The predicted octanol–water partition coefficient (Wildman–Crippen LogP) is 2.00. The molecule has 1 N–H and O–H groups in total. The van der Waals surface area contributed by atoms with Crippen LogP contribution >= 0.6 is 15.9 Å². The van der Waals surface area contributed by atoms with Crippen molar-refractivity contribution in [2.24, 2.45) is 0 Å². The summed E-state index contributed by atoms with van der Waals surface area (Å²) in [7, 11) is 1.59. The van der Waals surface area contributed by atoms with Crippen molar-refractivity contribution in [3.63, 3.8) is 0 Å². The highest BCUT2D eigenvalue weighted by molar-refractivity contribution is 9.09. The van der Waals surface area contributed by atoms with Crippen molar-refractivity contribution < 1.29 is 14.3 Å². The molecule has 0 heterocycles. The number of benzene rings is 1. The molecule has 1 aromatic rings. The number of phenols is 1. The summed E-state index contributed by atoms with van der Waals surface area (Å²) in [5.41, 5.74) is -0.0153. The molecule has 0 saturated carbocycles. The lowest BCUT2D eigenvalue weighted by Gasteiger charge is -2.16. The van der Waals surface area contributed by atoms with Crippen LogP contribution in [-0.2, 0) is 0 Å². The maximum absolute atomic E-state index is 12.9. The van der Waals surface area contributed by atoms with E-state index in [-0.39, 0.29) is 11.3 Å². The number of phenolic OH excluding ortho intramolecular Hbond substituents is 1. The van der Waals surface area contributed by atoms with Gasteiger partial charge in [0.1, 0.15) is 11.6 Å². The van der Waals surface area contributed by atoms with Crippen molar-refractivity contribution in [3.8, 4) is 5.75 Å². The fourth-order valence-electron chi connectivity index (χ4n) is 1.11. The Morgan fingerprint density at radius 2 is 2.27 bits per heavy atom. The van der Waals surface area contributed by atoms with Crippen molar-refractivity contribution in [3.05, 3.63) is 29.6 Å². The summed E-state index contributed by atoms with van der Waals surface area (Å²) in [5.74, 6) is -1.14. The van der Waals surface area contributed by atoms with Gasteiger partial charge in [0.05, 0.1) is 5.56 Å². The van der Waals surface area contributed by atoms with E-state index in [1.54, 1.807) is 7.05 Å². The van der Waals surface area contributed by atoms with E-state index >= 15 is 0 Å². The Bertz CT molecular complexity index is 370. The van der Waals surface area contributed by atoms with Gasteiger partial charge in [-0.1, -0.05) is 15.9 Å². The molecule has 5 heteroatoms. The van der Waals surface area contributed by atoms with Crippen LogP contribution in [0, 0.1) is 5.82 Å². The molecule has 15 heavy (non-hydrogen) atoms. The van der Waals surface area contributed by atoms with Crippen LogP contribution in [0.1, 0.15) is 10.4 Å². The summed E-state index contributed by atoms with van der Waals surface area (Å²) in [5, 5.41) is 10.0. The number of rotatable bonds is 3. The molecule has 0 atom stereocenters. The minimum absolute atomic E-state index is 0.0153. The van der Waals surface area contributed by atoms with E-state index in [1.807, 2.05) is 0 Å². The number of amides is 1. The second-order valence-electron chi connectivity index (χ2n) is 3.08. The van der Waals surface area contributed by atoms with Gasteiger partial charge in [0.15, 0.2) is 0 Å². The maximum Gasteiger partial charge on any atom is 0.257 e. The van der Waals surface area contributed by atoms with Gasteiger partial charge >= 0.3 is 0 Å². The van der Waals surface area contributed by atoms with Crippen molar-refractivity contribution >= 4 is 21.8 Å². The lowest BCUT2D eigenvalue weighted by atomic mass is 10.1. The molecule has 0 saturated heterocycles. The van der Waals surface area contributed by atoms with Gasteiger partial charge in [-0.15, -0.1) is 0 Å². The molecule has 0 unspecified atom stereocenters. The lowest BCUT2D eigenvalue weighted by molar-refractivity contribution is 0.0800. The summed E-state index contributed by atoms with van der Waals surface area (Å²) in [4.78, 5) is 13.1. The molecule has 1 rings (SSSR count). The molecule has 0 aromatic heterocycles. The number of hydrogen-bond acceptors (Lipinski definition) is 2. The SMILES string of the molecule is CN(CCBr)C(=O)c1cc(F)ccc1O. The quantitative estimate of drug-likeness (QED) is 0.858. The summed E-state index contributed by atoms with van der Waals surface area (Å²) in [6.07, 6.45) is 0. The molecule has 0 aliphatic carbocycles. The second kappa shape index (κ2) is 5.11. The van der Waals surface area contributed by atoms with Gasteiger partial charge in [0.25, 0.3) is 5.91 Å². The van der Waals surface area contributed by atoms with Gasteiger partial charge in [-0.25, -0.2) is 4.39 Å². The Labute approximate surface area is 95.6 Å². The smallest absolute Gasteiger partial charge is 0.257 e. The van der Waals surface area contributed by atoms with E-state index in [2.05, 4.69) is 15.9 Å². The molecular formula is C10H11BrFNO2. The summed E-state index contributed by atoms with van der Waals surface area (Å²) < 4.78 is 12.9. The molecular weight excluding hydrogens is 265 g/mol. The average Bonchev–Trinajstić information content (AvgIpc) is 2.21. The fourth-order valence-corrected chi connectivity index (χ4v) is 1.65. The van der Waals surface area contributed by atoms with Gasteiger partial charge in [-0.05, 0) is 18.2 Å². The van der Waals surface area contributed by atoms with Gasteiger partial charge in [-0.2, -0.15) is 0 Å². The number of halogens is 2. The summed E-state index contributed by atoms with van der Waals surface area (Å²) in [6.45, 7) is 0.495. The number of carbonyl (C=O) groups is 1. The number of carbonyl (C=O) groups excluding carboxylic acids is 1. The average molecular weight is 276 g/mol. The molecule has 3 nitrogen and oxygen atoms in total. The largest absolute Gasteiger partial charge is 0.507 e. The topological polar surface area (TPSA) is 40.5 Å². The van der Waals surface area contributed by atoms with Crippen LogP contribution in [0.2, 0.25) is 0 Å². The van der Waals surface area contributed by atoms with E-state index in [4.69, 9.17) is 0 Å². The summed E-state index contributed by atoms with van der Waals surface area (Å²) in [6, 6.07) is 3.31. The molecule has 0 fully saturated rings. The van der Waals surface area contributed by atoms with E-state index in [1.165, 1.54) is 11.0 Å². The minimum atomic E-state index is -0.539. The van der Waals surface area contributed by atoms with Gasteiger partial charge < -0.3 is 10.0 Å². The first-order chi connectivity index (χ1) is 7.06. The van der Waals surface area contributed by atoms with Gasteiger partial charge in [-0.3, -0.25) is 4.79 Å². The monoisotopic (exact) mass is 275 g/mol. The van der Waals surface area contributed by atoms with Crippen LogP contribution in [0.15, 0.2) is 18.2 Å². The lowest BCUT2D eigenvalue weighted by Crippen LogP contribution is -2.28. The Morgan fingerprint density at radius 3 is 2.87 bits per heavy atom. The molecule has 1 amide bonds. The Morgan fingerprint density at radius 1 is 1.60 bits per heavy atom. The van der Waals surface area contributed by atoms with Crippen molar-refractivity contribution in [1.82, 2.24) is 4.90 Å². The molecule has 82 valence electrons. The van der Waals surface area contributed by atoms with Crippen molar-refractivity contribution in [1.29, 1.82) is 0 Å². The first-order valence-corrected chi connectivity index (χ1v) is 5.48. The van der Waals surface area contributed by atoms with E-state index < -0.39 is 11.7 Å². The highest BCUT2D eigenvalue weighted by atomic mass is 79.9. The molecule has 0 aliphatic rings. The molecule has 0 spiro atoms. The predicted molar refractivity (Wildman–Crippen MR) is 58.8 cm³/mol. The van der Waals surface area contributed by atoms with Crippen LogP contribution in [0.3, 0.4) is 0 Å². The van der Waals surface area contributed by atoms with Crippen LogP contribution in [0.4, 0.5) is 4.39 Å². The highest BCUT2D eigenvalue weighted by Gasteiger charge is 2.15. The zero-order chi connectivity index (χ0) is 11.4. The Balaban J connectivity index is 2.95. The standard InChI is InChI=1S/C10H11BrFNO2/c1-13(5-4-11)10(15)8-6-7(12)2-3-9(8)14/h2-3,6,14H,4-5H2,1H3. The van der Waals surface area contributed by atoms with Crippen molar-refractivity contribution in [2.45, 2.75) is 0 Å². The van der Waals surface area contributed by atoms with Crippen LogP contribution < -0.4 is 0 Å². The molecule has 0 aliphatic heterocycles. The zero-order valence-electron chi connectivity index (χ0n) is 8.20.